The number of hydrogen-bond acceptors (Lipinski definition) is 4. The summed E-state index contributed by atoms with van der Waals surface area (Å²) in [5.74, 6) is -0.630. The van der Waals surface area contributed by atoms with Crippen LogP contribution in [0.5, 0.6) is 0 Å². The van der Waals surface area contributed by atoms with Crippen LogP contribution in [0, 0.1) is 31.0 Å². The van der Waals surface area contributed by atoms with Gasteiger partial charge in [0.05, 0.1) is 21.1 Å². The van der Waals surface area contributed by atoms with E-state index in [0.717, 1.165) is 6.07 Å². The van der Waals surface area contributed by atoms with Gasteiger partial charge in [0.2, 0.25) is 0 Å². The standard InChI is InChI=1S/C13H10BrFN2O2S2/c1-7-10(15)3-9(6-16)4-11(7)17-21(18,19)12-5-13(14)20-8(12)2/h3-5,17H,1-2H3. The molecule has 0 amide bonds. The van der Waals surface area contributed by atoms with Gasteiger partial charge in [-0.05, 0) is 48.0 Å². The van der Waals surface area contributed by atoms with Crippen molar-refractivity contribution in [2.24, 2.45) is 0 Å². The lowest BCUT2D eigenvalue weighted by Gasteiger charge is -2.11. The van der Waals surface area contributed by atoms with E-state index in [-0.39, 0.29) is 21.7 Å². The van der Waals surface area contributed by atoms with Crippen LogP contribution in [0.3, 0.4) is 0 Å². The molecule has 0 radical (unpaired) electrons. The molecule has 1 heterocycles. The molecule has 0 fully saturated rings. The van der Waals surface area contributed by atoms with Crippen LogP contribution < -0.4 is 4.72 Å². The molecular weight excluding hydrogens is 379 g/mol. The molecule has 0 atom stereocenters. The van der Waals surface area contributed by atoms with E-state index in [1.54, 1.807) is 13.0 Å². The van der Waals surface area contributed by atoms with Crippen molar-refractivity contribution >= 4 is 43.0 Å². The lowest BCUT2D eigenvalue weighted by Crippen LogP contribution is -2.14. The second-order valence-electron chi connectivity index (χ2n) is 4.32. The molecule has 110 valence electrons. The Labute approximate surface area is 134 Å². The fourth-order valence-corrected chi connectivity index (χ4v) is 5.28. The number of sulfonamides is 1. The van der Waals surface area contributed by atoms with Crippen molar-refractivity contribution < 1.29 is 12.8 Å². The number of halogens is 2. The first-order valence-corrected chi connectivity index (χ1v) is 8.83. The highest BCUT2D eigenvalue weighted by Crippen LogP contribution is 2.31. The van der Waals surface area contributed by atoms with Crippen molar-refractivity contribution in [1.29, 1.82) is 5.26 Å². The monoisotopic (exact) mass is 388 g/mol. The first-order chi connectivity index (χ1) is 9.74. The Bertz CT molecular complexity index is 854. The van der Waals surface area contributed by atoms with Gasteiger partial charge in [0, 0.05) is 10.4 Å². The lowest BCUT2D eigenvalue weighted by atomic mass is 10.1. The summed E-state index contributed by atoms with van der Waals surface area (Å²) in [7, 11) is -3.83. The van der Waals surface area contributed by atoms with Gasteiger partial charge < -0.3 is 0 Å². The van der Waals surface area contributed by atoms with E-state index in [9.17, 15) is 12.8 Å². The maximum absolute atomic E-state index is 13.7. The average Bonchev–Trinajstić information content (AvgIpc) is 2.74. The molecule has 0 aliphatic carbocycles. The van der Waals surface area contributed by atoms with Crippen LogP contribution in [0.15, 0.2) is 26.9 Å². The van der Waals surface area contributed by atoms with E-state index in [1.807, 2.05) is 0 Å². The molecule has 0 aliphatic heterocycles. The van der Waals surface area contributed by atoms with Crippen LogP contribution in [0.2, 0.25) is 0 Å². The van der Waals surface area contributed by atoms with Crippen LogP contribution in [-0.2, 0) is 10.0 Å². The largest absolute Gasteiger partial charge is 0.279 e. The van der Waals surface area contributed by atoms with E-state index in [1.165, 1.54) is 30.4 Å². The Hall–Kier alpha value is -1.43. The van der Waals surface area contributed by atoms with Crippen LogP contribution in [0.25, 0.3) is 0 Å². The van der Waals surface area contributed by atoms with Crippen molar-refractivity contribution in [1.82, 2.24) is 0 Å². The van der Waals surface area contributed by atoms with Crippen LogP contribution in [0.1, 0.15) is 16.0 Å². The molecule has 1 aromatic carbocycles. The van der Waals surface area contributed by atoms with Gasteiger partial charge in [0.15, 0.2) is 0 Å². The highest BCUT2D eigenvalue weighted by atomic mass is 79.9. The molecule has 0 bridgehead atoms. The van der Waals surface area contributed by atoms with Crippen molar-refractivity contribution in [3.63, 3.8) is 0 Å². The Morgan fingerprint density at radius 1 is 1.33 bits per heavy atom. The minimum atomic E-state index is -3.83. The lowest BCUT2D eigenvalue weighted by molar-refractivity contribution is 0.600. The van der Waals surface area contributed by atoms with Gasteiger partial charge in [-0.15, -0.1) is 11.3 Å². The summed E-state index contributed by atoms with van der Waals surface area (Å²) in [5.41, 5.74) is 0.261. The Balaban J connectivity index is 2.49. The number of thiophene rings is 1. The minimum absolute atomic E-state index is 0.0546. The second-order valence-corrected chi connectivity index (χ2v) is 8.61. The third-order valence-corrected chi connectivity index (χ3v) is 6.02. The fraction of sp³-hybridized carbons (Fsp3) is 0.154. The molecule has 0 aliphatic rings. The topological polar surface area (TPSA) is 70.0 Å². The number of anilines is 1. The molecule has 1 N–H and O–H groups in total. The van der Waals surface area contributed by atoms with E-state index in [2.05, 4.69) is 20.7 Å². The van der Waals surface area contributed by atoms with Crippen molar-refractivity contribution in [2.75, 3.05) is 4.72 Å². The van der Waals surface area contributed by atoms with Gasteiger partial charge in [0.25, 0.3) is 10.0 Å². The SMILES string of the molecule is Cc1sc(Br)cc1S(=O)(=O)Nc1cc(C#N)cc(F)c1C. The van der Waals surface area contributed by atoms with Gasteiger partial charge in [0.1, 0.15) is 10.7 Å². The molecule has 0 unspecified atom stereocenters. The number of rotatable bonds is 3. The van der Waals surface area contributed by atoms with Crippen LogP contribution >= 0.6 is 27.3 Å². The third-order valence-electron chi connectivity index (χ3n) is 2.85. The van der Waals surface area contributed by atoms with Crippen molar-refractivity contribution in [3.8, 4) is 6.07 Å². The number of hydrogen-bond donors (Lipinski definition) is 1. The molecular formula is C13H10BrFN2O2S2. The summed E-state index contributed by atoms with van der Waals surface area (Å²) in [6, 6.07) is 5.67. The van der Waals surface area contributed by atoms with Gasteiger partial charge in [-0.3, -0.25) is 4.72 Å². The minimum Gasteiger partial charge on any atom is -0.279 e. The maximum atomic E-state index is 13.7. The Kier molecular flexibility index (Phi) is 4.37. The number of nitrogens with zero attached hydrogens (tertiary/aromatic N) is 1. The zero-order valence-electron chi connectivity index (χ0n) is 11.1. The summed E-state index contributed by atoms with van der Waals surface area (Å²) in [6.45, 7) is 3.13. The van der Waals surface area contributed by atoms with E-state index in [0.29, 0.717) is 8.66 Å². The third kappa shape index (κ3) is 3.26. The van der Waals surface area contributed by atoms with Gasteiger partial charge in [-0.25, -0.2) is 12.8 Å². The van der Waals surface area contributed by atoms with Gasteiger partial charge >= 0.3 is 0 Å². The zero-order chi connectivity index (χ0) is 15.8. The molecule has 0 spiro atoms. The maximum Gasteiger partial charge on any atom is 0.263 e. The Morgan fingerprint density at radius 3 is 2.52 bits per heavy atom. The molecule has 1 aromatic heterocycles. The number of aryl methyl sites for hydroxylation is 1. The molecule has 2 rings (SSSR count). The van der Waals surface area contributed by atoms with E-state index < -0.39 is 15.8 Å². The predicted molar refractivity (Wildman–Crippen MR) is 83.4 cm³/mol. The normalized spacial score (nSPS) is 11.2. The summed E-state index contributed by atoms with van der Waals surface area (Å²) < 4.78 is 41.5. The first kappa shape index (κ1) is 15.9. The molecule has 21 heavy (non-hydrogen) atoms. The number of nitrogens with one attached hydrogen (secondary N) is 1. The van der Waals surface area contributed by atoms with Gasteiger partial charge in [-0.2, -0.15) is 5.26 Å². The first-order valence-electron chi connectivity index (χ1n) is 5.73. The molecule has 0 saturated heterocycles. The smallest absolute Gasteiger partial charge is 0.263 e. The van der Waals surface area contributed by atoms with Gasteiger partial charge in [-0.1, -0.05) is 0 Å². The summed E-state index contributed by atoms with van der Waals surface area (Å²) >= 11 is 4.53. The number of benzene rings is 1. The molecule has 0 saturated carbocycles. The Morgan fingerprint density at radius 2 is 2.00 bits per heavy atom. The second kappa shape index (κ2) is 5.75. The number of nitriles is 1. The van der Waals surface area contributed by atoms with E-state index in [4.69, 9.17) is 5.26 Å². The van der Waals surface area contributed by atoms with Crippen molar-refractivity contribution in [2.45, 2.75) is 18.7 Å². The van der Waals surface area contributed by atoms with Crippen LogP contribution in [0.4, 0.5) is 10.1 Å². The zero-order valence-corrected chi connectivity index (χ0v) is 14.3. The fourth-order valence-electron chi connectivity index (χ4n) is 1.75. The predicted octanol–water partition coefficient (Wildman–Crippen LogP) is 3.94. The molecule has 2 aromatic rings. The average molecular weight is 389 g/mol. The quantitative estimate of drug-likeness (QED) is 0.865. The van der Waals surface area contributed by atoms with E-state index >= 15 is 0 Å². The van der Waals surface area contributed by atoms with Crippen LogP contribution in [-0.4, -0.2) is 8.42 Å². The highest BCUT2D eigenvalue weighted by molar-refractivity contribution is 9.11. The molecule has 8 heteroatoms. The summed E-state index contributed by atoms with van der Waals surface area (Å²) in [5, 5.41) is 8.84. The molecule has 4 nitrogen and oxygen atoms in total. The summed E-state index contributed by atoms with van der Waals surface area (Å²) in [6.07, 6.45) is 0. The summed E-state index contributed by atoms with van der Waals surface area (Å²) in [4.78, 5) is 0.741. The highest BCUT2D eigenvalue weighted by Gasteiger charge is 2.21. The van der Waals surface area contributed by atoms with Crippen molar-refractivity contribution in [3.05, 3.63) is 43.8 Å².